The van der Waals surface area contributed by atoms with Gasteiger partial charge < -0.3 is 15.2 Å². The molecular weight excluding hydrogens is 230 g/mol. The number of nitrogen functional groups attached to an aromatic ring is 1. The van der Waals surface area contributed by atoms with Gasteiger partial charge in [-0.1, -0.05) is 12.1 Å². The first kappa shape index (κ1) is 12.3. The predicted octanol–water partition coefficient (Wildman–Crippen LogP) is 1.88. The van der Waals surface area contributed by atoms with Crippen LogP contribution in [0.2, 0.25) is 0 Å². The van der Waals surface area contributed by atoms with Crippen molar-refractivity contribution in [3.8, 4) is 17.0 Å². The van der Waals surface area contributed by atoms with Crippen molar-refractivity contribution >= 4 is 5.82 Å². The van der Waals surface area contributed by atoms with E-state index < -0.39 is 0 Å². The number of hydrogen-bond donors (Lipinski definition) is 1. The number of rotatable bonds is 4. The Labute approximate surface area is 106 Å². The molecule has 5 nitrogen and oxygen atoms in total. The van der Waals surface area contributed by atoms with E-state index in [9.17, 15) is 0 Å². The fourth-order valence-electron chi connectivity index (χ4n) is 1.71. The van der Waals surface area contributed by atoms with Crippen LogP contribution < -0.4 is 10.5 Å². The molecule has 5 heteroatoms. The fraction of sp³-hybridized carbons (Fsp3) is 0.231. The first-order valence-electron chi connectivity index (χ1n) is 5.50. The standard InChI is InChI=1S/C13H15N3O2/c1-17-8-13-15-10(7-12(14)16-13)9-5-3-4-6-11(9)18-2/h3-7H,8H2,1-2H3,(H2,14,15,16). The van der Waals surface area contributed by atoms with Gasteiger partial charge in [0.05, 0.1) is 12.8 Å². The molecule has 0 aliphatic heterocycles. The van der Waals surface area contributed by atoms with Gasteiger partial charge in [0.25, 0.3) is 0 Å². The van der Waals surface area contributed by atoms with Crippen molar-refractivity contribution in [2.45, 2.75) is 6.61 Å². The SMILES string of the molecule is COCc1nc(N)cc(-c2ccccc2OC)n1. The Kier molecular flexibility index (Phi) is 3.74. The number of methoxy groups -OCH3 is 2. The second-order valence-electron chi connectivity index (χ2n) is 3.73. The van der Waals surface area contributed by atoms with Crippen LogP contribution in [0.1, 0.15) is 5.82 Å². The maximum Gasteiger partial charge on any atom is 0.157 e. The molecule has 0 fully saturated rings. The maximum absolute atomic E-state index is 5.77. The summed E-state index contributed by atoms with van der Waals surface area (Å²) < 4.78 is 10.3. The zero-order valence-corrected chi connectivity index (χ0v) is 10.4. The molecule has 0 amide bonds. The molecule has 2 N–H and O–H groups in total. The molecular formula is C13H15N3O2. The van der Waals surface area contributed by atoms with E-state index in [1.807, 2.05) is 24.3 Å². The van der Waals surface area contributed by atoms with Crippen LogP contribution in [0.4, 0.5) is 5.82 Å². The lowest BCUT2D eigenvalue weighted by Crippen LogP contribution is -2.02. The molecule has 1 heterocycles. The molecule has 2 aromatic rings. The summed E-state index contributed by atoms with van der Waals surface area (Å²) in [6.07, 6.45) is 0. The zero-order chi connectivity index (χ0) is 13.0. The second-order valence-corrected chi connectivity index (χ2v) is 3.73. The molecule has 0 aliphatic rings. The van der Waals surface area contributed by atoms with Crippen LogP contribution in [-0.2, 0) is 11.3 Å². The number of nitrogens with zero attached hydrogens (tertiary/aromatic N) is 2. The van der Waals surface area contributed by atoms with Gasteiger partial charge in [0, 0.05) is 18.7 Å². The van der Waals surface area contributed by atoms with Crippen molar-refractivity contribution in [3.63, 3.8) is 0 Å². The molecule has 0 saturated heterocycles. The van der Waals surface area contributed by atoms with Crippen LogP contribution in [0.3, 0.4) is 0 Å². The highest BCUT2D eigenvalue weighted by atomic mass is 16.5. The van der Waals surface area contributed by atoms with Crippen LogP contribution in [-0.4, -0.2) is 24.2 Å². The second kappa shape index (κ2) is 5.46. The first-order chi connectivity index (χ1) is 8.74. The number of aromatic nitrogens is 2. The molecule has 94 valence electrons. The third kappa shape index (κ3) is 2.57. The summed E-state index contributed by atoms with van der Waals surface area (Å²) in [4.78, 5) is 8.51. The van der Waals surface area contributed by atoms with E-state index in [0.717, 1.165) is 17.0 Å². The smallest absolute Gasteiger partial charge is 0.157 e. The summed E-state index contributed by atoms with van der Waals surface area (Å²) in [5.41, 5.74) is 7.38. The minimum atomic E-state index is 0.327. The number of benzene rings is 1. The highest BCUT2D eigenvalue weighted by molar-refractivity contribution is 5.68. The van der Waals surface area contributed by atoms with Gasteiger partial charge in [-0.3, -0.25) is 0 Å². The van der Waals surface area contributed by atoms with Gasteiger partial charge in [-0.2, -0.15) is 0 Å². The average Bonchev–Trinajstić information content (AvgIpc) is 2.38. The highest BCUT2D eigenvalue weighted by Crippen LogP contribution is 2.28. The maximum atomic E-state index is 5.77. The molecule has 1 aromatic heterocycles. The Hall–Kier alpha value is -2.14. The highest BCUT2D eigenvalue weighted by Gasteiger charge is 2.09. The Balaban J connectivity index is 2.49. The van der Waals surface area contributed by atoms with E-state index in [0.29, 0.717) is 18.2 Å². The van der Waals surface area contributed by atoms with Crippen LogP contribution in [0.5, 0.6) is 5.75 Å². The minimum absolute atomic E-state index is 0.327. The number of anilines is 1. The third-order valence-corrected chi connectivity index (χ3v) is 2.45. The number of nitrogens with two attached hydrogens (primary N) is 1. The summed E-state index contributed by atoms with van der Waals surface area (Å²) in [7, 11) is 3.22. The Morgan fingerprint density at radius 2 is 1.94 bits per heavy atom. The number of hydrogen-bond acceptors (Lipinski definition) is 5. The predicted molar refractivity (Wildman–Crippen MR) is 69.1 cm³/mol. The van der Waals surface area contributed by atoms with Crippen molar-refractivity contribution in [1.82, 2.24) is 9.97 Å². The van der Waals surface area contributed by atoms with E-state index in [1.165, 1.54) is 0 Å². The van der Waals surface area contributed by atoms with Crippen LogP contribution >= 0.6 is 0 Å². The lowest BCUT2D eigenvalue weighted by Gasteiger charge is -2.09. The van der Waals surface area contributed by atoms with E-state index in [-0.39, 0.29) is 0 Å². The van der Waals surface area contributed by atoms with Gasteiger partial charge in [-0.15, -0.1) is 0 Å². The molecule has 0 aliphatic carbocycles. The third-order valence-electron chi connectivity index (χ3n) is 2.45. The summed E-state index contributed by atoms with van der Waals surface area (Å²) in [6.45, 7) is 0.327. The molecule has 0 bridgehead atoms. The molecule has 0 spiro atoms. The van der Waals surface area contributed by atoms with Gasteiger partial charge in [0.15, 0.2) is 5.82 Å². The average molecular weight is 245 g/mol. The summed E-state index contributed by atoms with van der Waals surface area (Å²) >= 11 is 0. The minimum Gasteiger partial charge on any atom is -0.496 e. The molecule has 0 atom stereocenters. The monoisotopic (exact) mass is 245 g/mol. The van der Waals surface area contributed by atoms with Crippen molar-refractivity contribution < 1.29 is 9.47 Å². The van der Waals surface area contributed by atoms with E-state index in [4.69, 9.17) is 15.2 Å². The molecule has 0 saturated carbocycles. The molecule has 1 aromatic carbocycles. The normalized spacial score (nSPS) is 10.3. The van der Waals surface area contributed by atoms with Crippen LogP contribution in [0, 0.1) is 0 Å². The van der Waals surface area contributed by atoms with Gasteiger partial charge in [0.1, 0.15) is 18.2 Å². The fourth-order valence-corrected chi connectivity index (χ4v) is 1.71. The summed E-state index contributed by atoms with van der Waals surface area (Å²) in [5, 5.41) is 0. The Morgan fingerprint density at radius 3 is 2.67 bits per heavy atom. The van der Waals surface area contributed by atoms with Crippen molar-refractivity contribution in [3.05, 3.63) is 36.2 Å². The molecule has 0 radical (unpaired) electrons. The van der Waals surface area contributed by atoms with E-state index in [1.54, 1.807) is 20.3 Å². The number of para-hydroxylation sites is 1. The topological polar surface area (TPSA) is 70.3 Å². The van der Waals surface area contributed by atoms with Gasteiger partial charge in [-0.25, -0.2) is 9.97 Å². The molecule has 2 rings (SSSR count). The summed E-state index contributed by atoms with van der Waals surface area (Å²) in [5.74, 6) is 1.72. The van der Waals surface area contributed by atoms with Crippen molar-refractivity contribution in [2.75, 3.05) is 20.0 Å². The van der Waals surface area contributed by atoms with E-state index in [2.05, 4.69) is 9.97 Å². The molecule has 18 heavy (non-hydrogen) atoms. The van der Waals surface area contributed by atoms with Gasteiger partial charge >= 0.3 is 0 Å². The summed E-state index contributed by atoms with van der Waals surface area (Å²) in [6, 6.07) is 9.35. The Bertz CT molecular complexity index is 544. The zero-order valence-electron chi connectivity index (χ0n) is 10.4. The van der Waals surface area contributed by atoms with E-state index >= 15 is 0 Å². The first-order valence-corrected chi connectivity index (χ1v) is 5.50. The lowest BCUT2D eigenvalue weighted by molar-refractivity contribution is 0.178. The van der Waals surface area contributed by atoms with Crippen LogP contribution in [0.15, 0.2) is 30.3 Å². The van der Waals surface area contributed by atoms with Crippen LogP contribution in [0.25, 0.3) is 11.3 Å². The van der Waals surface area contributed by atoms with Gasteiger partial charge in [0.2, 0.25) is 0 Å². The largest absolute Gasteiger partial charge is 0.496 e. The van der Waals surface area contributed by atoms with Gasteiger partial charge in [-0.05, 0) is 12.1 Å². The van der Waals surface area contributed by atoms with Crippen molar-refractivity contribution in [2.24, 2.45) is 0 Å². The molecule has 0 unspecified atom stereocenters. The number of ether oxygens (including phenoxy) is 2. The van der Waals surface area contributed by atoms with Crippen molar-refractivity contribution in [1.29, 1.82) is 0 Å². The quantitative estimate of drug-likeness (QED) is 0.890. The lowest BCUT2D eigenvalue weighted by atomic mass is 10.1. The Morgan fingerprint density at radius 1 is 1.17 bits per heavy atom.